The van der Waals surface area contributed by atoms with Gasteiger partial charge in [-0.2, -0.15) is 0 Å². The molecule has 2 rings (SSSR count). The van der Waals surface area contributed by atoms with Crippen LogP contribution in [0.3, 0.4) is 0 Å². The first-order valence-corrected chi connectivity index (χ1v) is 6.97. The van der Waals surface area contributed by atoms with Crippen molar-refractivity contribution in [3.8, 4) is 11.5 Å². The molecule has 0 aromatic carbocycles. The molecule has 4 nitrogen and oxygen atoms in total. The fraction of sp³-hybridized carbons (Fsp3) is 0.462. The Morgan fingerprint density at radius 2 is 2.28 bits per heavy atom. The molecule has 2 aromatic heterocycles. The van der Waals surface area contributed by atoms with Crippen LogP contribution in [0.1, 0.15) is 5.01 Å². The van der Waals surface area contributed by atoms with Gasteiger partial charge < -0.3 is 14.6 Å². The quantitative estimate of drug-likeness (QED) is 0.778. The fourth-order valence-electron chi connectivity index (χ4n) is 1.59. The average molecular weight is 265 g/mol. The standard InChI is InChI=1S/C13H19N3OS/c1-16(2)8-7-14-6-5-13-15-11(10-18-13)12-4-3-9-17-12/h3-4,9-10,14H,5-8H2,1-2H3. The van der Waals surface area contributed by atoms with E-state index in [0.717, 1.165) is 42.5 Å². The van der Waals surface area contributed by atoms with Crippen LogP contribution in [0.5, 0.6) is 0 Å². The minimum absolute atomic E-state index is 0.845. The Kier molecular flexibility index (Phi) is 4.92. The molecule has 0 amide bonds. The molecule has 0 spiro atoms. The third-order valence-electron chi connectivity index (χ3n) is 2.58. The van der Waals surface area contributed by atoms with Crippen molar-refractivity contribution in [3.05, 3.63) is 28.8 Å². The van der Waals surface area contributed by atoms with Gasteiger partial charge in [-0.15, -0.1) is 11.3 Å². The molecule has 0 aliphatic heterocycles. The van der Waals surface area contributed by atoms with E-state index in [1.54, 1.807) is 17.6 Å². The number of likely N-dealkylation sites (N-methyl/N-ethyl adjacent to an activating group) is 1. The first kappa shape index (κ1) is 13.3. The summed E-state index contributed by atoms with van der Waals surface area (Å²) in [5, 5.41) is 6.61. The number of hydrogen-bond acceptors (Lipinski definition) is 5. The van der Waals surface area contributed by atoms with Gasteiger partial charge in [0.05, 0.1) is 11.3 Å². The van der Waals surface area contributed by atoms with Crippen LogP contribution in [0.2, 0.25) is 0 Å². The van der Waals surface area contributed by atoms with E-state index < -0.39 is 0 Å². The maximum atomic E-state index is 5.33. The van der Waals surface area contributed by atoms with Crippen LogP contribution in [-0.4, -0.2) is 43.6 Å². The van der Waals surface area contributed by atoms with Crippen LogP contribution in [0.4, 0.5) is 0 Å². The zero-order chi connectivity index (χ0) is 12.8. The largest absolute Gasteiger partial charge is 0.463 e. The molecule has 0 fully saturated rings. The molecule has 0 bridgehead atoms. The van der Waals surface area contributed by atoms with Crippen LogP contribution in [-0.2, 0) is 6.42 Å². The molecule has 1 N–H and O–H groups in total. The van der Waals surface area contributed by atoms with Crippen molar-refractivity contribution >= 4 is 11.3 Å². The summed E-state index contributed by atoms with van der Waals surface area (Å²) in [5.74, 6) is 0.845. The molecule has 0 radical (unpaired) electrons. The topological polar surface area (TPSA) is 41.3 Å². The normalized spacial score (nSPS) is 11.3. The number of rotatable bonds is 7. The van der Waals surface area contributed by atoms with Gasteiger partial charge in [0.2, 0.25) is 0 Å². The Balaban J connectivity index is 1.74. The Bertz CT molecular complexity index is 451. The van der Waals surface area contributed by atoms with E-state index in [4.69, 9.17) is 4.42 Å². The number of nitrogens with zero attached hydrogens (tertiary/aromatic N) is 2. The Morgan fingerprint density at radius 3 is 3.00 bits per heavy atom. The van der Waals surface area contributed by atoms with Crippen LogP contribution < -0.4 is 5.32 Å². The van der Waals surface area contributed by atoms with Crippen molar-refractivity contribution < 1.29 is 4.42 Å². The molecule has 0 saturated carbocycles. The first-order valence-electron chi connectivity index (χ1n) is 6.09. The predicted octanol–water partition coefficient (Wildman–Crippen LogP) is 2.10. The SMILES string of the molecule is CN(C)CCNCCc1nc(-c2ccco2)cs1. The van der Waals surface area contributed by atoms with Crippen molar-refractivity contribution in [2.45, 2.75) is 6.42 Å². The molecular weight excluding hydrogens is 246 g/mol. The number of furan rings is 1. The number of aromatic nitrogens is 1. The molecule has 2 aromatic rings. The van der Waals surface area contributed by atoms with Crippen molar-refractivity contribution in [2.75, 3.05) is 33.7 Å². The maximum Gasteiger partial charge on any atom is 0.153 e. The third kappa shape index (κ3) is 3.94. The highest BCUT2D eigenvalue weighted by atomic mass is 32.1. The van der Waals surface area contributed by atoms with Gasteiger partial charge in [-0.25, -0.2) is 4.98 Å². The lowest BCUT2D eigenvalue weighted by molar-refractivity contribution is 0.401. The van der Waals surface area contributed by atoms with Gasteiger partial charge in [0.15, 0.2) is 5.76 Å². The van der Waals surface area contributed by atoms with Crippen LogP contribution in [0.15, 0.2) is 28.2 Å². The molecule has 0 saturated heterocycles. The van der Waals surface area contributed by atoms with E-state index in [0.29, 0.717) is 0 Å². The Labute approximate surface area is 112 Å². The van der Waals surface area contributed by atoms with Gasteiger partial charge >= 0.3 is 0 Å². The summed E-state index contributed by atoms with van der Waals surface area (Å²) < 4.78 is 5.33. The highest BCUT2D eigenvalue weighted by Crippen LogP contribution is 2.22. The fourth-order valence-corrected chi connectivity index (χ4v) is 2.37. The Morgan fingerprint density at radius 1 is 1.39 bits per heavy atom. The lowest BCUT2D eigenvalue weighted by Crippen LogP contribution is -2.27. The maximum absolute atomic E-state index is 5.33. The van der Waals surface area contributed by atoms with E-state index in [9.17, 15) is 0 Å². The molecule has 0 aliphatic carbocycles. The molecular formula is C13H19N3OS. The monoisotopic (exact) mass is 265 g/mol. The predicted molar refractivity (Wildman–Crippen MR) is 74.9 cm³/mol. The molecule has 2 heterocycles. The molecule has 0 aliphatic rings. The molecule has 0 unspecified atom stereocenters. The summed E-state index contributed by atoms with van der Waals surface area (Å²) in [4.78, 5) is 6.73. The van der Waals surface area contributed by atoms with Gasteiger partial charge in [-0.3, -0.25) is 0 Å². The second kappa shape index (κ2) is 6.68. The number of hydrogen-bond donors (Lipinski definition) is 1. The summed E-state index contributed by atoms with van der Waals surface area (Å²) in [5.41, 5.74) is 0.938. The highest BCUT2D eigenvalue weighted by molar-refractivity contribution is 7.09. The molecule has 98 valence electrons. The summed E-state index contributed by atoms with van der Waals surface area (Å²) >= 11 is 1.69. The third-order valence-corrected chi connectivity index (χ3v) is 3.49. The zero-order valence-corrected chi connectivity index (χ0v) is 11.7. The molecule has 0 atom stereocenters. The zero-order valence-electron chi connectivity index (χ0n) is 10.8. The summed E-state index contributed by atoms with van der Waals surface area (Å²) in [6, 6.07) is 3.82. The summed E-state index contributed by atoms with van der Waals surface area (Å²) in [6.07, 6.45) is 2.65. The summed E-state index contributed by atoms with van der Waals surface area (Å²) in [6.45, 7) is 3.05. The molecule has 18 heavy (non-hydrogen) atoms. The highest BCUT2D eigenvalue weighted by Gasteiger charge is 2.06. The lowest BCUT2D eigenvalue weighted by Gasteiger charge is -2.09. The van der Waals surface area contributed by atoms with Gasteiger partial charge in [0.25, 0.3) is 0 Å². The van der Waals surface area contributed by atoms with E-state index in [1.807, 2.05) is 17.5 Å². The van der Waals surface area contributed by atoms with Crippen molar-refractivity contribution in [1.82, 2.24) is 15.2 Å². The van der Waals surface area contributed by atoms with Gasteiger partial charge in [-0.1, -0.05) is 0 Å². The number of thiazole rings is 1. The van der Waals surface area contributed by atoms with Crippen molar-refractivity contribution in [3.63, 3.8) is 0 Å². The van der Waals surface area contributed by atoms with Gasteiger partial charge in [-0.05, 0) is 26.2 Å². The van der Waals surface area contributed by atoms with Gasteiger partial charge in [0, 0.05) is 31.4 Å². The lowest BCUT2D eigenvalue weighted by atomic mass is 10.3. The van der Waals surface area contributed by atoms with E-state index in [-0.39, 0.29) is 0 Å². The summed E-state index contributed by atoms with van der Waals surface area (Å²) in [7, 11) is 4.16. The van der Waals surface area contributed by atoms with Crippen LogP contribution >= 0.6 is 11.3 Å². The van der Waals surface area contributed by atoms with E-state index in [1.165, 1.54) is 0 Å². The van der Waals surface area contributed by atoms with Crippen LogP contribution in [0, 0.1) is 0 Å². The second-order valence-corrected chi connectivity index (χ2v) is 5.35. The van der Waals surface area contributed by atoms with Crippen molar-refractivity contribution in [2.24, 2.45) is 0 Å². The van der Waals surface area contributed by atoms with Gasteiger partial charge in [0.1, 0.15) is 5.69 Å². The second-order valence-electron chi connectivity index (χ2n) is 4.41. The smallest absolute Gasteiger partial charge is 0.153 e. The minimum Gasteiger partial charge on any atom is -0.463 e. The minimum atomic E-state index is 0.845. The Hall–Kier alpha value is -1.17. The average Bonchev–Trinajstić information content (AvgIpc) is 2.98. The van der Waals surface area contributed by atoms with E-state index in [2.05, 4.69) is 29.3 Å². The van der Waals surface area contributed by atoms with Crippen molar-refractivity contribution in [1.29, 1.82) is 0 Å². The first-order chi connectivity index (χ1) is 8.75. The number of nitrogens with one attached hydrogen (secondary N) is 1. The molecule has 5 heteroatoms. The van der Waals surface area contributed by atoms with Crippen LogP contribution in [0.25, 0.3) is 11.5 Å². The van der Waals surface area contributed by atoms with E-state index >= 15 is 0 Å².